The van der Waals surface area contributed by atoms with E-state index < -0.39 is 17.8 Å². The van der Waals surface area contributed by atoms with Gasteiger partial charge in [-0.05, 0) is 26.2 Å². The fourth-order valence-electron chi connectivity index (χ4n) is 3.05. The van der Waals surface area contributed by atoms with Crippen molar-refractivity contribution in [3.05, 3.63) is 23.7 Å². The van der Waals surface area contributed by atoms with Crippen LogP contribution in [0.4, 0.5) is 30.6 Å². The highest BCUT2D eigenvalue weighted by Gasteiger charge is 2.35. The van der Waals surface area contributed by atoms with E-state index in [1.807, 2.05) is 6.92 Å². The molecule has 1 aliphatic rings. The van der Waals surface area contributed by atoms with Crippen molar-refractivity contribution in [2.24, 2.45) is 0 Å². The fraction of sp³-hybridized carbons (Fsp3) is 0.533. The lowest BCUT2D eigenvalue weighted by molar-refractivity contribution is -0.137. The van der Waals surface area contributed by atoms with Crippen LogP contribution in [0.25, 0.3) is 0 Å². The molecular formula is C15H19F3N6O. The molecule has 2 aromatic rings. The van der Waals surface area contributed by atoms with Gasteiger partial charge >= 0.3 is 6.18 Å². The van der Waals surface area contributed by atoms with E-state index in [1.165, 1.54) is 7.05 Å². The molecule has 3 rings (SSSR count). The monoisotopic (exact) mass is 356 g/mol. The third kappa shape index (κ3) is 3.39. The highest BCUT2D eigenvalue weighted by atomic mass is 19.4. The van der Waals surface area contributed by atoms with Crippen LogP contribution in [0, 0.1) is 6.92 Å². The minimum Gasteiger partial charge on any atom is -0.391 e. The van der Waals surface area contributed by atoms with Gasteiger partial charge in [0.25, 0.3) is 0 Å². The first-order chi connectivity index (χ1) is 11.8. The van der Waals surface area contributed by atoms with Crippen LogP contribution in [0.1, 0.15) is 36.6 Å². The van der Waals surface area contributed by atoms with Gasteiger partial charge in [0, 0.05) is 13.2 Å². The predicted molar refractivity (Wildman–Crippen MR) is 85.7 cm³/mol. The Morgan fingerprint density at radius 2 is 2.04 bits per heavy atom. The number of aromatic nitrogens is 4. The molecule has 0 radical (unpaired) electrons. The van der Waals surface area contributed by atoms with Crippen molar-refractivity contribution in [1.82, 2.24) is 19.7 Å². The Labute approximate surface area is 142 Å². The van der Waals surface area contributed by atoms with Gasteiger partial charge in [0.15, 0.2) is 0 Å². The Hall–Kier alpha value is -2.36. The minimum absolute atomic E-state index is 0.0342. The van der Waals surface area contributed by atoms with Crippen molar-refractivity contribution in [2.75, 3.05) is 17.7 Å². The average molecular weight is 356 g/mol. The number of rotatable bonds is 4. The van der Waals surface area contributed by atoms with Crippen LogP contribution in [0.2, 0.25) is 0 Å². The Balaban J connectivity index is 1.85. The quantitative estimate of drug-likeness (QED) is 0.781. The van der Waals surface area contributed by atoms with Crippen molar-refractivity contribution in [3.63, 3.8) is 0 Å². The zero-order chi connectivity index (χ0) is 18.2. The van der Waals surface area contributed by atoms with Crippen LogP contribution in [-0.4, -0.2) is 38.0 Å². The molecule has 3 N–H and O–H groups in total. The van der Waals surface area contributed by atoms with Crippen LogP contribution in [0.5, 0.6) is 0 Å². The van der Waals surface area contributed by atoms with Crippen LogP contribution in [0.15, 0.2) is 12.4 Å². The number of nitrogens with one attached hydrogen (secondary N) is 2. The van der Waals surface area contributed by atoms with Crippen LogP contribution < -0.4 is 10.6 Å². The topological polar surface area (TPSA) is 87.9 Å². The summed E-state index contributed by atoms with van der Waals surface area (Å²) in [5, 5.41) is 19.6. The smallest absolute Gasteiger partial charge is 0.391 e. The Morgan fingerprint density at radius 3 is 2.64 bits per heavy atom. The molecule has 7 nitrogen and oxygen atoms in total. The third-order valence-electron chi connectivity index (χ3n) is 4.38. The van der Waals surface area contributed by atoms with E-state index in [1.54, 1.807) is 10.9 Å². The standard InChI is InChI=1S/C15H19F3N6O/c1-8-10(7-21-24(8)11-4-3-5-12(11)25)22-14-20-6-9(15(16,17)18)13(19-2)23-14/h6-7,11-12,25H,3-5H2,1-2H3,(H2,19,20,22,23). The Kier molecular flexibility index (Phi) is 4.55. The summed E-state index contributed by atoms with van der Waals surface area (Å²) in [5.74, 6) is -0.270. The molecule has 1 saturated carbocycles. The summed E-state index contributed by atoms with van der Waals surface area (Å²) in [4.78, 5) is 7.62. The number of aliphatic hydroxyl groups is 1. The highest BCUT2D eigenvalue weighted by Crippen LogP contribution is 2.35. The second kappa shape index (κ2) is 6.51. The van der Waals surface area contributed by atoms with Gasteiger partial charge in [-0.2, -0.15) is 23.3 Å². The third-order valence-corrected chi connectivity index (χ3v) is 4.38. The van der Waals surface area contributed by atoms with E-state index >= 15 is 0 Å². The molecule has 0 bridgehead atoms. The summed E-state index contributed by atoms with van der Waals surface area (Å²) in [6.45, 7) is 1.82. The van der Waals surface area contributed by atoms with Gasteiger partial charge in [-0.25, -0.2) is 4.98 Å². The SMILES string of the molecule is CNc1nc(Nc2cnn(C3CCCC3O)c2C)ncc1C(F)(F)F. The number of aliphatic hydroxyl groups excluding tert-OH is 1. The van der Waals surface area contributed by atoms with E-state index in [2.05, 4.69) is 25.7 Å². The molecule has 25 heavy (non-hydrogen) atoms. The lowest BCUT2D eigenvalue weighted by atomic mass is 10.2. The highest BCUT2D eigenvalue weighted by molar-refractivity contribution is 5.58. The van der Waals surface area contributed by atoms with Gasteiger partial charge in [0.2, 0.25) is 5.95 Å². The molecule has 0 aliphatic heterocycles. The van der Waals surface area contributed by atoms with Gasteiger partial charge in [0.1, 0.15) is 11.4 Å². The van der Waals surface area contributed by atoms with Gasteiger partial charge in [-0.1, -0.05) is 0 Å². The molecular weight excluding hydrogens is 337 g/mol. The first-order valence-corrected chi connectivity index (χ1v) is 7.92. The molecule has 0 amide bonds. The number of nitrogens with zero attached hydrogens (tertiary/aromatic N) is 4. The maximum atomic E-state index is 12.9. The van der Waals surface area contributed by atoms with E-state index in [0.717, 1.165) is 31.2 Å². The number of hydrogen-bond donors (Lipinski definition) is 3. The zero-order valence-corrected chi connectivity index (χ0v) is 13.8. The number of hydrogen-bond acceptors (Lipinski definition) is 6. The van der Waals surface area contributed by atoms with E-state index in [4.69, 9.17) is 0 Å². The van der Waals surface area contributed by atoms with Crippen LogP contribution >= 0.6 is 0 Å². The first kappa shape index (κ1) is 17.5. The minimum atomic E-state index is -4.53. The van der Waals surface area contributed by atoms with Crippen LogP contribution in [0.3, 0.4) is 0 Å². The number of anilines is 3. The van der Waals surface area contributed by atoms with Gasteiger partial charge in [0.05, 0.1) is 29.7 Å². The summed E-state index contributed by atoms with van der Waals surface area (Å²) in [6, 6.07) is -0.0862. The molecule has 0 saturated heterocycles. The maximum absolute atomic E-state index is 12.9. The van der Waals surface area contributed by atoms with Crippen molar-refractivity contribution in [1.29, 1.82) is 0 Å². The molecule has 2 heterocycles. The molecule has 0 spiro atoms. The molecule has 1 aliphatic carbocycles. The predicted octanol–water partition coefficient (Wildman–Crippen LogP) is 2.87. The number of halogens is 3. The summed E-state index contributed by atoms with van der Waals surface area (Å²) in [5.41, 5.74) is 0.420. The van der Waals surface area contributed by atoms with Crippen molar-refractivity contribution >= 4 is 17.5 Å². The molecule has 1 fully saturated rings. The van der Waals surface area contributed by atoms with Gasteiger partial charge < -0.3 is 15.7 Å². The maximum Gasteiger partial charge on any atom is 0.421 e. The van der Waals surface area contributed by atoms with Crippen molar-refractivity contribution in [3.8, 4) is 0 Å². The molecule has 2 aromatic heterocycles. The lowest BCUT2D eigenvalue weighted by Gasteiger charge is -2.17. The van der Waals surface area contributed by atoms with E-state index in [0.29, 0.717) is 5.69 Å². The average Bonchev–Trinajstić information content (AvgIpc) is 3.12. The van der Waals surface area contributed by atoms with E-state index in [-0.39, 0.29) is 17.8 Å². The molecule has 136 valence electrons. The molecule has 0 aromatic carbocycles. The zero-order valence-electron chi connectivity index (χ0n) is 13.8. The van der Waals surface area contributed by atoms with Crippen LogP contribution in [-0.2, 0) is 6.18 Å². The molecule has 2 atom stereocenters. The number of alkyl halides is 3. The van der Waals surface area contributed by atoms with Gasteiger partial charge in [-0.3, -0.25) is 4.68 Å². The lowest BCUT2D eigenvalue weighted by Crippen LogP contribution is -2.20. The summed E-state index contributed by atoms with van der Waals surface area (Å²) in [6.07, 6.45) is -0.172. The second-order valence-electron chi connectivity index (χ2n) is 5.98. The van der Waals surface area contributed by atoms with Gasteiger partial charge in [-0.15, -0.1) is 0 Å². The van der Waals surface area contributed by atoms with Crippen molar-refractivity contribution in [2.45, 2.75) is 44.5 Å². The van der Waals surface area contributed by atoms with E-state index in [9.17, 15) is 18.3 Å². The van der Waals surface area contributed by atoms with Crippen molar-refractivity contribution < 1.29 is 18.3 Å². The summed E-state index contributed by atoms with van der Waals surface area (Å²) < 4.78 is 40.4. The molecule has 10 heteroatoms. The first-order valence-electron chi connectivity index (χ1n) is 7.92. The molecule has 2 unspecified atom stereocenters. The Morgan fingerprint density at radius 1 is 1.28 bits per heavy atom. The second-order valence-corrected chi connectivity index (χ2v) is 5.98. The summed E-state index contributed by atoms with van der Waals surface area (Å²) >= 11 is 0. The summed E-state index contributed by atoms with van der Waals surface area (Å²) in [7, 11) is 1.37. The largest absolute Gasteiger partial charge is 0.421 e. The normalized spacial score (nSPS) is 20.7. The fourth-order valence-corrected chi connectivity index (χ4v) is 3.05. The Bertz CT molecular complexity index is 760.